The van der Waals surface area contributed by atoms with Crippen LogP contribution >= 0.6 is 0 Å². The Morgan fingerprint density at radius 3 is 2.46 bits per heavy atom. The summed E-state index contributed by atoms with van der Waals surface area (Å²) in [6.07, 6.45) is 1.11. The zero-order chi connectivity index (χ0) is 17.1. The summed E-state index contributed by atoms with van der Waals surface area (Å²) < 4.78 is 17.1. The summed E-state index contributed by atoms with van der Waals surface area (Å²) >= 11 is 0. The molecule has 1 aliphatic carbocycles. The minimum Gasteiger partial charge on any atom is -0.493 e. The van der Waals surface area contributed by atoms with Gasteiger partial charge in [0.2, 0.25) is 0 Å². The van der Waals surface area contributed by atoms with E-state index in [4.69, 9.17) is 14.2 Å². The number of benzene rings is 2. The van der Waals surface area contributed by atoms with Crippen LogP contribution in [-0.2, 0) is 6.42 Å². The third-order valence-corrected chi connectivity index (χ3v) is 4.49. The van der Waals surface area contributed by atoms with Gasteiger partial charge in [0.15, 0.2) is 11.5 Å². The van der Waals surface area contributed by atoms with E-state index in [-0.39, 0.29) is 6.10 Å². The van der Waals surface area contributed by atoms with Crippen molar-refractivity contribution < 1.29 is 14.2 Å². The van der Waals surface area contributed by atoms with E-state index in [9.17, 15) is 0 Å². The second kappa shape index (κ2) is 7.14. The van der Waals surface area contributed by atoms with E-state index in [1.54, 1.807) is 14.2 Å². The fourth-order valence-corrected chi connectivity index (χ4v) is 3.47. The molecule has 0 spiro atoms. The summed E-state index contributed by atoms with van der Waals surface area (Å²) in [6.45, 7) is 0.993. The third-order valence-electron chi connectivity index (χ3n) is 4.49. The molecule has 0 aliphatic heterocycles. The average molecular weight is 327 g/mol. The standard InChI is InChI=1S/C20H25NO3/c1-21(2)13-15-11-14-7-5-6-8-17(14)20(15)24-16-9-10-18(22-3)19(12-16)23-4/h5-10,12,15,20H,11,13H2,1-4H3. The van der Waals surface area contributed by atoms with Crippen molar-refractivity contribution >= 4 is 0 Å². The first-order valence-corrected chi connectivity index (χ1v) is 8.23. The first-order valence-electron chi connectivity index (χ1n) is 8.23. The quantitative estimate of drug-likeness (QED) is 0.812. The predicted octanol–water partition coefficient (Wildman–Crippen LogP) is 3.56. The van der Waals surface area contributed by atoms with Crippen LogP contribution in [0.2, 0.25) is 0 Å². The molecule has 3 rings (SSSR count). The first-order chi connectivity index (χ1) is 11.6. The SMILES string of the molecule is COc1ccc(OC2c3ccccc3CC2CN(C)C)cc1OC. The summed E-state index contributed by atoms with van der Waals surface area (Å²) in [5, 5.41) is 0. The largest absolute Gasteiger partial charge is 0.493 e. The zero-order valence-corrected chi connectivity index (χ0v) is 14.8. The fraction of sp³-hybridized carbons (Fsp3) is 0.400. The molecule has 0 saturated heterocycles. The Morgan fingerprint density at radius 2 is 1.75 bits per heavy atom. The van der Waals surface area contributed by atoms with Crippen molar-refractivity contribution in [2.24, 2.45) is 5.92 Å². The van der Waals surface area contributed by atoms with E-state index in [1.165, 1.54) is 11.1 Å². The van der Waals surface area contributed by atoms with Crippen molar-refractivity contribution in [1.29, 1.82) is 0 Å². The van der Waals surface area contributed by atoms with Gasteiger partial charge in [-0.15, -0.1) is 0 Å². The van der Waals surface area contributed by atoms with Gasteiger partial charge < -0.3 is 19.1 Å². The van der Waals surface area contributed by atoms with Gasteiger partial charge in [-0.25, -0.2) is 0 Å². The van der Waals surface area contributed by atoms with E-state index in [1.807, 2.05) is 18.2 Å². The molecule has 0 aromatic heterocycles. The lowest BCUT2D eigenvalue weighted by Crippen LogP contribution is -2.27. The zero-order valence-electron chi connectivity index (χ0n) is 14.8. The second-order valence-electron chi connectivity index (χ2n) is 6.48. The highest BCUT2D eigenvalue weighted by Gasteiger charge is 2.34. The number of hydrogen-bond donors (Lipinski definition) is 0. The monoisotopic (exact) mass is 327 g/mol. The molecule has 0 N–H and O–H groups in total. The lowest BCUT2D eigenvalue weighted by atomic mass is 10.0. The van der Waals surface area contributed by atoms with Gasteiger partial charge in [0.05, 0.1) is 14.2 Å². The van der Waals surface area contributed by atoms with Crippen LogP contribution in [0.25, 0.3) is 0 Å². The molecule has 2 aromatic carbocycles. The summed E-state index contributed by atoms with van der Waals surface area (Å²) in [6, 6.07) is 14.3. The van der Waals surface area contributed by atoms with E-state index < -0.39 is 0 Å². The Labute approximate surface area is 144 Å². The molecule has 1 aliphatic rings. The molecule has 2 aromatic rings. The molecule has 128 valence electrons. The van der Waals surface area contributed by atoms with Crippen molar-refractivity contribution in [3.63, 3.8) is 0 Å². The van der Waals surface area contributed by atoms with Gasteiger partial charge in [-0.05, 0) is 43.8 Å². The first kappa shape index (κ1) is 16.7. The number of nitrogens with zero attached hydrogens (tertiary/aromatic N) is 1. The number of fused-ring (bicyclic) bond motifs is 1. The van der Waals surface area contributed by atoms with Crippen LogP contribution in [0, 0.1) is 5.92 Å². The van der Waals surface area contributed by atoms with Gasteiger partial charge >= 0.3 is 0 Å². The Morgan fingerprint density at radius 1 is 1.00 bits per heavy atom. The van der Waals surface area contributed by atoms with Crippen LogP contribution in [-0.4, -0.2) is 39.8 Å². The maximum Gasteiger partial charge on any atom is 0.164 e. The molecule has 0 radical (unpaired) electrons. The topological polar surface area (TPSA) is 30.9 Å². The molecule has 24 heavy (non-hydrogen) atoms. The van der Waals surface area contributed by atoms with Crippen LogP contribution in [0.15, 0.2) is 42.5 Å². The summed E-state index contributed by atoms with van der Waals surface area (Å²) in [5.74, 6) is 2.63. The third kappa shape index (κ3) is 3.34. The van der Waals surface area contributed by atoms with Crippen molar-refractivity contribution in [2.75, 3.05) is 34.9 Å². The Kier molecular flexibility index (Phi) is 4.95. The molecule has 2 unspecified atom stereocenters. The Hall–Kier alpha value is -2.20. The molecule has 2 atom stereocenters. The molecule has 0 bridgehead atoms. The summed E-state index contributed by atoms with van der Waals surface area (Å²) in [5.41, 5.74) is 2.67. The van der Waals surface area contributed by atoms with Gasteiger partial charge in [0.25, 0.3) is 0 Å². The van der Waals surface area contributed by atoms with E-state index >= 15 is 0 Å². The van der Waals surface area contributed by atoms with Gasteiger partial charge in [-0.3, -0.25) is 0 Å². The number of hydrogen-bond acceptors (Lipinski definition) is 4. The molecule has 0 saturated carbocycles. The summed E-state index contributed by atoms with van der Waals surface area (Å²) in [4.78, 5) is 2.22. The molecule has 4 nitrogen and oxygen atoms in total. The highest BCUT2D eigenvalue weighted by atomic mass is 16.5. The van der Waals surface area contributed by atoms with Crippen LogP contribution in [0.3, 0.4) is 0 Å². The van der Waals surface area contributed by atoms with Crippen molar-refractivity contribution in [2.45, 2.75) is 12.5 Å². The number of methoxy groups -OCH3 is 2. The van der Waals surface area contributed by atoms with Crippen molar-refractivity contribution in [1.82, 2.24) is 4.90 Å². The molecular weight excluding hydrogens is 302 g/mol. The van der Waals surface area contributed by atoms with E-state index in [0.29, 0.717) is 17.4 Å². The van der Waals surface area contributed by atoms with Crippen LogP contribution in [0.4, 0.5) is 0 Å². The highest BCUT2D eigenvalue weighted by molar-refractivity contribution is 5.46. The molecule has 4 heteroatoms. The predicted molar refractivity (Wildman–Crippen MR) is 95.1 cm³/mol. The number of rotatable bonds is 6. The molecular formula is C20H25NO3. The summed E-state index contributed by atoms with van der Waals surface area (Å²) in [7, 11) is 7.49. The lowest BCUT2D eigenvalue weighted by molar-refractivity contribution is 0.128. The van der Waals surface area contributed by atoms with Crippen LogP contribution in [0.5, 0.6) is 17.2 Å². The van der Waals surface area contributed by atoms with Crippen LogP contribution in [0.1, 0.15) is 17.2 Å². The fourth-order valence-electron chi connectivity index (χ4n) is 3.47. The molecule has 0 heterocycles. The van der Waals surface area contributed by atoms with Gasteiger partial charge in [0, 0.05) is 18.5 Å². The van der Waals surface area contributed by atoms with Crippen LogP contribution < -0.4 is 14.2 Å². The Balaban J connectivity index is 1.88. The Bertz CT molecular complexity index is 699. The van der Waals surface area contributed by atoms with Gasteiger partial charge in [0.1, 0.15) is 11.9 Å². The maximum atomic E-state index is 6.40. The highest BCUT2D eigenvalue weighted by Crippen LogP contribution is 2.41. The minimum absolute atomic E-state index is 0.0571. The average Bonchev–Trinajstić information content (AvgIpc) is 2.91. The molecule has 0 fully saturated rings. The van der Waals surface area contributed by atoms with E-state index in [2.05, 4.69) is 43.3 Å². The van der Waals surface area contributed by atoms with Crippen molar-refractivity contribution in [3.8, 4) is 17.2 Å². The van der Waals surface area contributed by atoms with Gasteiger partial charge in [-0.1, -0.05) is 24.3 Å². The maximum absolute atomic E-state index is 6.40. The number of ether oxygens (including phenoxy) is 3. The normalized spacial score (nSPS) is 19.2. The molecule has 0 amide bonds. The van der Waals surface area contributed by atoms with E-state index in [0.717, 1.165) is 18.7 Å². The minimum atomic E-state index is 0.0571. The van der Waals surface area contributed by atoms with Crippen molar-refractivity contribution in [3.05, 3.63) is 53.6 Å². The second-order valence-corrected chi connectivity index (χ2v) is 6.48. The smallest absolute Gasteiger partial charge is 0.164 e. The lowest BCUT2D eigenvalue weighted by Gasteiger charge is -2.25. The van der Waals surface area contributed by atoms with Gasteiger partial charge in [-0.2, -0.15) is 0 Å².